The second-order valence-corrected chi connectivity index (χ2v) is 1.79. The second kappa shape index (κ2) is 7.08. The number of rotatable bonds is 5. The third-order valence-corrected chi connectivity index (χ3v) is 0.966. The van der Waals surface area contributed by atoms with Crippen LogP contribution in [0.15, 0.2) is 0 Å². The molecular formula is C8H11NO2. The van der Waals surface area contributed by atoms with Crippen molar-refractivity contribution in [2.45, 2.75) is 13.0 Å². The van der Waals surface area contributed by atoms with Gasteiger partial charge in [0.05, 0.1) is 12.7 Å². The predicted molar refractivity (Wildman–Crippen MR) is 40.7 cm³/mol. The molecule has 0 spiro atoms. The maximum atomic E-state index is 8.45. The first kappa shape index (κ1) is 9.97. The first-order valence-electron chi connectivity index (χ1n) is 3.37. The molecule has 0 aliphatic carbocycles. The SMILES string of the molecule is C#CCOCC(C#N)OCC. The summed E-state index contributed by atoms with van der Waals surface area (Å²) in [6.45, 7) is 2.81. The fourth-order valence-corrected chi connectivity index (χ4v) is 0.549. The van der Waals surface area contributed by atoms with Crippen LogP contribution in [0.5, 0.6) is 0 Å². The van der Waals surface area contributed by atoms with Crippen LogP contribution in [-0.2, 0) is 9.47 Å². The highest BCUT2D eigenvalue weighted by atomic mass is 16.5. The van der Waals surface area contributed by atoms with Crippen molar-refractivity contribution in [3.63, 3.8) is 0 Å². The Balaban J connectivity index is 3.39. The molecule has 1 atom stereocenters. The minimum atomic E-state index is -0.492. The first-order valence-corrected chi connectivity index (χ1v) is 3.37. The molecule has 0 aromatic rings. The maximum absolute atomic E-state index is 8.45. The van der Waals surface area contributed by atoms with Gasteiger partial charge in [0, 0.05) is 6.61 Å². The average Bonchev–Trinajstić information content (AvgIpc) is 2.03. The van der Waals surface area contributed by atoms with Gasteiger partial charge in [-0.1, -0.05) is 5.92 Å². The summed E-state index contributed by atoms with van der Waals surface area (Å²) in [5.74, 6) is 2.30. The fraction of sp³-hybridized carbons (Fsp3) is 0.625. The van der Waals surface area contributed by atoms with E-state index in [0.29, 0.717) is 6.61 Å². The number of hydrogen-bond acceptors (Lipinski definition) is 3. The van der Waals surface area contributed by atoms with E-state index in [0.717, 1.165) is 0 Å². The molecule has 1 unspecified atom stereocenters. The van der Waals surface area contributed by atoms with E-state index in [2.05, 4.69) is 5.92 Å². The Morgan fingerprint density at radius 1 is 1.64 bits per heavy atom. The first-order chi connectivity index (χ1) is 5.35. The normalized spacial score (nSPS) is 11.5. The van der Waals surface area contributed by atoms with Gasteiger partial charge in [0.2, 0.25) is 0 Å². The molecule has 0 aliphatic rings. The molecule has 0 aromatic heterocycles. The third-order valence-electron chi connectivity index (χ3n) is 0.966. The molecule has 0 fully saturated rings. The van der Waals surface area contributed by atoms with E-state index in [9.17, 15) is 0 Å². The van der Waals surface area contributed by atoms with Crippen molar-refractivity contribution < 1.29 is 9.47 Å². The Hall–Kier alpha value is -1.03. The van der Waals surface area contributed by atoms with Crippen LogP contribution in [0.25, 0.3) is 0 Å². The van der Waals surface area contributed by atoms with Crippen LogP contribution in [0, 0.1) is 23.7 Å². The van der Waals surface area contributed by atoms with Crippen LogP contribution < -0.4 is 0 Å². The monoisotopic (exact) mass is 153 g/mol. The van der Waals surface area contributed by atoms with Gasteiger partial charge in [-0.3, -0.25) is 0 Å². The summed E-state index contributed by atoms with van der Waals surface area (Å²) < 4.78 is 9.89. The lowest BCUT2D eigenvalue weighted by molar-refractivity contribution is 0.0274. The molecular weight excluding hydrogens is 142 g/mol. The van der Waals surface area contributed by atoms with E-state index in [4.69, 9.17) is 21.2 Å². The smallest absolute Gasteiger partial charge is 0.167 e. The van der Waals surface area contributed by atoms with Crippen molar-refractivity contribution in [2.75, 3.05) is 19.8 Å². The number of nitrogens with zero attached hydrogens (tertiary/aromatic N) is 1. The van der Waals surface area contributed by atoms with Gasteiger partial charge in [-0.25, -0.2) is 0 Å². The maximum Gasteiger partial charge on any atom is 0.167 e. The van der Waals surface area contributed by atoms with Gasteiger partial charge in [0.25, 0.3) is 0 Å². The summed E-state index contributed by atoms with van der Waals surface area (Å²) in [6.07, 6.45) is 4.44. The summed E-state index contributed by atoms with van der Waals surface area (Å²) >= 11 is 0. The average molecular weight is 153 g/mol. The fourth-order valence-electron chi connectivity index (χ4n) is 0.549. The molecule has 0 heterocycles. The molecule has 0 saturated carbocycles. The Labute approximate surface area is 66.9 Å². The highest BCUT2D eigenvalue weighted by Crippen LogP contribution is 1.90. The van der Waals surface area contributed by atoms with Crippen molar-refractivity contribution in [3.05, 3.63) is 0 Å². The molecule has 3 nitrogen and oxygen atoms in total. The predicted octanol–water partition coefficient (Wildman–Crippen LogP) is 0.565. The van der Waals surface area contributed by atoms with Crippen molar-refractivity contribution >= 4 is 0 Å². The van der Waals surface area contributed by atoms with Gasteiger partial charge >= 0.3 is 0 Å². The Kier molecular flexibility index (Phi) is 6.42. The molecule has 0 radical (unpaired) electrons. The summed E-state index contributed by atoms with van der Waals surface area (Å²) in [4.78, 5) is 0. The van der Waals surface area contributed by atoms with E-state index < -0.39 is 6.10 Å². The van der Waals surface area contributed by atoms with E-state index in [1.54, 1.807) is 0 Å². The zero-order valence-corrected chi connectivity index (χ0v) is 6.54. The number of terminal acetylenes is 1. The summed E-state index contributed by atoms with van der Waals surface area (Å²) in [6, 6.07) is 1.95. The van der Waals surface area contributed by atoms with Crippen LogP contribution in [0.2, 0.25) is 0 Å². The van der Waals surface area contributed by atoms with Crippen molar-refractivity contribution in [1.29, 1.82) is 5.26 Å². The zero-order valence-electron chi connectivity index (χ0n) is 6.54. The summed E-state index contributed by atoms with van der Waals surface area (Å²) in [7, 11) is 0. The van der Waals surface area contributed by atoms with E-state index in [-0.39, 0.29) is 13.2 Å². The molecule has 0 amide bonds. The van der Waals surface area contributed by atoms with Gasteiger partial charge in [-0.2, -0.15) is 5.26 Å². The lowest BCUT2D eigenvalue weighted by Gasteiger charge is -2.07. The van der Waals surface area contributed by atoms with Crippen molar-refractivity contribution in [3.8, 4) is 18.4 Å². The molecule has 0 saturated heterocycles. The lowest BCUT2D eigenvalue weighted by Crippen LogP contribution is -2.17. The quantitative estimate of drug-likeness (QED) is 0.428. The molecule has 0 rings (SSSR count). The Morgan fingerprint density at radius 3 is 2.82 bits per heavy atom. The Morgan fingerprint density at radius 2 is 2.36 bits per heavy atom. The molecule has 0 bridgehead atoms. The highest BCUT2D eigenvalue weighted by Gasteiger charge is 2.04. The topological polar surface area (TPSA) is 42.2 Å². The minimum absolute atomic E-state index is 0.227. The minimum Gasteiger partial charge on any atom is -0.365 e. The lowest BCUT2D eigenvalue weighted by atomic mass is 10.4. The van der Waals surface area contributed by atoms with Crippen LogP contribution >= 0.6 is 0 Å². The van der Waals surface area contributed by atoms with Gasteiger partial charge in [-0.05, 0) is 6.92 Å². The molecule has 0 N–H and O–H groups in total. The largest absolute Gasteiger partial charge is 0.365 e. The van der Waals surface area contributed by atoms with Gasteiger partial charge in [0.15, 0.2) is 6.10 Å². The van der Waals surface area contributed by atoms with Crippen LogP contribution in [0.1, 0.15) is 6.92 Å². The molecule has 0 aromatic carbocycles. The highest BCUT2D eigenvalue weighted by molar-refractivity contribution is 4.86. The Bertz CT molecular complexity index is 166. The van der Waals surface area contributed by atoms with Crippen LogP contribution in [0.3, 0.4) is 0 Å². The molecule has 60 valence electrons. The van der Waals surface area contributed by atoms with Crippen molar-refractivity contribution in [1.82, 2.24) is 0 Å². The van der Waals surface area contributed by atoms with Crippen molar-refractivity contribution in [2.24, 2.45) is 0 Å². The van der Waals surface area contributed by atoms with Gasteiger partial charge in [-0.15, -0.1) is 6.42 Å². The van der Waals surface area contributed by atoms with E-state index in [1.165, 1.54) is 0 Å². The van der Waals surface area contributed by atoms with Gasteiger partial charge < -0.3 is 9.47 Å². The summed E-state index contributed by atoms with van der Waals surface area (Å²) in [5.41, 5.74) is 0. The molecule has 3 heteroatoms. The third kappa shape index (κ3) is 5.42. The molecule has 11 heavy (non-hydrogen) atoms. The van der Waals surface area contributed by atoms with E-state index >= 15 is 0 Å². The number of hydrogen-bond donors (Lipinski definition) is 0. The zero-order chi connectivity index (χ0) is 8.53. The second-order valence-electron chi connectivity index (χ2n) is 1.79. The van der Waals surface area contributed by atoms with Crippen LogP contribution in [-0.4, -0.2) is 25.9 Å². The molecule has 0 aliphatic heterocycles. The standard InChI is InChI=1S/C8H11NO2/c1-3-5-10-7-8(6-9)11-4-2/h1,8H,4-5,7H2,2H3. The van der Waals surface area contributed by atoms with E-state index in [1.807, 2.05) is 13.0 Å². The number of ether oxygens (including phenoxy) is 2. The number of nitriles is 1. The van der Waals surface area contributed by atoms with Crippen LogP contribution in [0.4, 0.5) is 0 Å². The van der Waals surface area contributed by atoms with Gasteiger partial charge in [0.1, 0.15) is 6.61 Å². The summed E-state index contributed by atoms with van der Waals surface area (Å²) in [5, 5.41) is 8.45.